The van der Waals surface area contributed by atoms with E-state index in [0.29, 0.717) is 18.0 Å². The van der Waals surface area contributed by atoms with Crippen LogP contribution in [0, 0.1) is 0 Å². The highest BCUT2D eigenvalue weighted by atomic mass is 19.4. The zero-order valence-corrected chi connectivity index (χ0v) is 15.6. The Morgan fingerprint density at radius 1 is 1.21 bits per heavy atom. The van der Waals surface area contributed by atoms with Crippen LogP contribution in [0.3, 0.4) is 0 Å². The lowest BCUT2D eigenvalue weighted by Crippen LogP contribution is -2.39. The summed E-state index contributed by atoms with van der Waals surface area (Å²) in [4.78, 5) is 26.0. The number of carbonyl (C=O) groups is 2. The Labute approximate surface area is 165 Å². The first-order valence-electron chi connectivity index (χ1n) is 9.04. The number of benzene rings is 2. The molecule has 1 aliphatic heterocycles. The van der Waals surface area contributed by atoms with E-state index >= 15 is 0 Å². The van der Waals surface area contributed by atoms with Gasteiger partial charge in [-0.05, 0) is 49.4 Å². The van der Waals surface area contributed by atoms with E-state index in [1.165, 1.54) is 12.1 Å². The quantitative estimate of drug-likeness (QED) is 0.786. The van der Waals surface area contributed by atoms with Crippen LogP contribution in [-0.4, -0.2) is 31.1 Å². The number of nitrogens with one attached hydrogen (secondary N) is 2. The maximum atomic E-state index is 12.8. The number of anilines is 2. The predicted octanol–water partition coefficient (Wildman–Crippen LogP) is 4.03. The molecule has 0 spiro atoms. The fourth-order valence-corrected chi connectivity index (χ4v) is 3.07. The van der Waals surface area contributed by atoms with Crippen LogP contribution in [0.25, 0.3) is 0 Å². The summed E-state index contributed by atoms with van der Waals surface area (Å²) < 4.78 is 43.7. The molecule has 1 fully saturated rings. The molecule has 0 unspecified atom stereocenters. The second kappa shape index (κ2) is 8.42. The first kappa shape index (κ1) is 20.5. The van der Waals surface area contributed by atoms with Crippen molar-refractivity contribution < 1.29 is 27.5 Å². The highest BCUT2D eigenvalue weighted by Gasteiger charge is 2.32. The van der Waals surface area contributed by atoms with Crippen molar-refractivity contribution in [2.45, 2.75) is 25.6 Å². The molecule has 2 aromatic carbocycles. The van der Waals surface area contributed by atoms with Crippen LogP contribution in [0.4, 0.5) is 29.3 Å². The van der Waals surface area contributed by atoms with E-state index in [9.17, 15) is 22.8 Å². The van der Waals surface area contributed by atoms with Crippen LogP contribution >= 0.6 is 0 Å². The Morgan fingerprint density at radius 2 is 1.93 bits per heavy atom. The van der Waals surface area contributed by atoms with Gasteiger partial charge in [-0.15, -0.1) is 0 Å². The van der Waals surface area contributed by atoms with Crippen molar-refractivity contribution in [3.8, 4) is 5.75 Å². The Balaban J connectivity index is 1.59. The first-order valence-corrected chi connectivity index (χ1v) is 9.04. The van der Waals surface area contributed by atoms with Gasteiger partial charge >= 0.3 is 12.2 Å². The number of hydrogen-bond acceptors (Lipinski definition) is 3. The molecule has 29 heavy (non-hydrogen) atoms. The summed E-state index contributed by atoms with van der Waals surface area (Å²) in [7, 11) is 0. The summed E-state index contributed by atoms with van der Waals surface area (Å²) in [6, 6.07) is 10.3. The van der Waals surface area contributed by atoms with E-state index in [4.69, 9.17) is 4.74 Å². The van der Waals surface area contributed by atoms with E-state index in [0.717, 1.165) is 12.1 Å². The molecule has 0 aliphatic carbocycles. The maximum Gasteiger partial charge on any atom is 0.416 e. The molecule has 0 aromatic heterocycles. The molecule has 1 saturated heterocycles. The molecule has 1 atom stereocenters. The van der Waals surface area contributed by atoms with E-state index < -0.39 is 23.8 Å². The van der Waals surface area contributed by atoms with Gasteiger partial charge in [0, 0.05) is 24.3 Å². The van der Waals surface area contributed by atoms with Crippen LogP contribution in [0.5, 0.6) is 5.75 Å². The number of halogens is 3. The average molecular weight is 407 g/mol. The molecule has 2 N–H and O–H groups in total. The van der Waals surface area contributed by atoms with Gasteiger partial charge in [-0.2, -0.15) is 13.2 Å². The van der Waals surface area contributed by atoms with E-state index in [-0.39, 0.29) is 24.6 Å². The second-order valence-corrected chi connectivity index (χ2v) is 6.51. The van der Waals surface area contributed by atoms with Crippen molar-refractivity contribution in [2.75, 3.05) is 23.4 Å². The number of ether oxygens (including phenoxy) is 1. The zero-order chi connectivity index (χ0) is 21.0. The van der Waals surface area contributed by atoms with Crippen LogP contribution < -0.4 is 20.3 Å². The van der Waals surface area contributed by atoms with Gasteiger partial charge in [0.2, 0.25) is 5.91 Å². The standard InChI is InChI=1S/C20H20F3N3O3/c1-2-29-17-8-6-16(7-9-17)26-12-15(11-18(26)27)25-19(28)24-14-5-3-4-13(10-14)20(21,22)23/h3-10,15H,2,11-12H2,1H3,(H2,24,25,28)/t15-/m0/s1. The summed E-state index contributed by atoms with van der Waals surface area (Å²) in [6.07, 6.45) is -4.40. The molecule has 3 amide bonds. The maximum absolute atomic E-state index is 12.8. The fraction of sp³-hybridized carbons (Fsp3) is 0.300. The topological polar surface area (TPSA) is 70.7 Å². The van der Waals surface area contributed by atoms with Crippen molar-refractivity contribution in [1.29, 1.82) is 0 Å². The Morgan fingerprint density at radius 3 is 2.59 bits per heavy atom. The van der Waals surface area contributed by atoms with Gasteiger partial charge in [-0.25, -0.2) is 4.79 Å². The van der Waals surface area contributed by atoms with Crippen LogP contribution in [0.1, 0.15) is 18.9 Å². The van der Waals surface area contributed by atoms with Gasteiger partial charge in [0.05, 0.1) is 18.2 Å². The van der Waals surface area contributed by atoms with Crippen molar-refractivity contribution in [2.24, 2.45) is 0 Å². The third-order valence-corrected chi connectivity index (χ3v) is 4.37. The molecule has 1 aliphatic rings. The Hall–Kier alpha value is -3.23. The van der Waals surface area contributed by atoms with Gasteiger partial charge in [-0.1, -0.05) is 6.07 Å². The number of alkyl halides is 3. The molecule has 154 valence electrons. The SMILES string of the molecule is CCOc1ccc(N2C[C@@H](NC(=O)Nc3cccc(C(F)(F)F)c3)CC2=O)cc1. The number of amides is 3. The molecule has 0 radical (unpaired) electrons. The number of urea groups is 1. The van der Waals surface area contributed by atoms with Crippen molar-refractivity contribution in [3.63, 3.8) is 0 Å². The molecule has 1 heterocycles. The molecule has 9 heteroatoms. The van der Waals surface area contributed by atoms with Gasteiger partial charge in [0.15, 0.2) is 0 Å². The van der Waals surface area contributed by atoms with Gasteiger partial charge < -0.3 is 20.3 Å². The zero-order valence-electron chi connectivity index (χ0n) is 15.6. The summed E-state index contributed by atoms with van der Waals surface area (Å²) in [5.41, 5.74) is -0.154. The Kier molecular flexibility index (Phi) is 5.95. The molecular weight excluding hydrogens is 387 g/mol. The molecule has 2 aromatic rings. The Bertz CT molecular complexity index is 885. The third-order valence-electron chi connectivity index (χ3n) is 4.37. The molecule has 0 saturated carbocycles. The molecular formula is C20H20F3N3O3. The van der Waals surface area contributed by atoms with Crippen molar-refractivity contribution in [3.05, 3.63) is 54.1 Å². The smallest absolute Gasteiger partial charge is 0.416 e. The minimum atomic E-state index is -4.50. The van der Waals surface area contributed by atoms with Gasteiger partial charge in [0.1, 0.15) is 5.75 Å². The summed E-state index contributed by atoms with van der Waals surface area (Å²) >= 11 is 0. The van der Waals surface area contributed by atoms with E-state index in [2.05, 4.69) is 10.6 Å². The van der Waals surface area contributed by atoms with Crippen LogP contribution in [-0.2, 0) is 11.0 Å². The fourth-order valence-electron chi connectivity index (χ4n) is 3.07. The highest BCUT2D eigenvalue weighted by molar-refractivity contribution is 5.97. The predicted molar refractivity (Wildman–Crippen MR) is 102 cm³/mol. The van der Waals surface area contributed by atoms with Crippen molar-refractivity contribution in [1.82, 2.24) is 5.32 Å². The van der Waals surface area contributed by atoms with E-state index in [1.54, 1.807) is 29.2 Å². The second-order valence-electron chi connectivity index (χ2n) is 6.51. The largest absolute Gasteiger partial charge is 0.494 e. The summed E-state index contributed by atoms with van der Waals surface area (Å²) in [5.74, 6) is 0.538. The minimum Gasteiger partial charge on any atom is -0.494 e. The average Bonchev–Trinajstić information content (AvgIpc) is 3.02. The van der Waals surface area contributed by atoms with Crippen molar-refractivity contribution >= 4 is 23.3 Å². The molecule has 0 bridgehead atoms. The highest BCUT2D eigenvalue weighted by Crippen LogP contribution is 2.30. The van der Waals surface area contributed by atoms with Gasteiger partial charge in [0.25, 0.3) is 0 Å². The number of carbonyl (C=O) groups excluding carboxylic acids is 2. The summed E-state index contributed by atoms with van der Waals surface area (Å²) in [5, 5.41) is 5.00. The summed E-state index contributed by atoms with van der Waals surface area (Å²) in [6.45, 7) is 2.68. The minimum absolute atomic E-state index is 0.0185. The number of nitrogens with zero attached hydrogens (tertiary/aromatic N) is 1. The number of hydrogen-bond donors (Lipinski definition) is 2. The lowest BCUT2D eigenvalue weighted by molar-refractivity contribution is -0.137. The monoisotopic (exact) mass is 407 g/mol. The lowest BCUT2D eigenvalue weighted by atomic mass is 10.2. The van der Waals surface area contributed by atoms with Crippen LogP contribution in [0.2, 0.25) is 0 Å². The normalized spacial score (nSPS) is 16.6. The lowest BCUT2D eigenvalue weighted by Gasteiger charge is -2.18. The first-order chi connectivity index (χ1) is 13.8. The van der Waals surface area contributed by atoms with E-state index in [1.807, 2.05) is 6.92 Å². The molecule has 6 nitrogen and oxygen atoms in total. The molecule has 3 rings (SSSR count). The third kappa shape index (κ3) is 5.18. The van der Waals surface area contributed by atoms with Crippen LogP contribution in [0.15, 0.2) is 48.5 Å². The van der Waals surface area contributed by atoms with Gasteiger partial charge in [-0.3, -0.25) is 4.79 Å². The number of rotatable bonds is 5.